The molecule has 0 spiro atoms. The summed E-state index contributed by atoms with van der Waals surface area (Å²) < 4.78 is 78.6. The summed E-state index contributed by atoms with van der Waals surface area (Å²) in [6.45, 7) is -0.624. The first kappa shape index (κ1) is 18.2. The fraction of sp³-hybridized carbons (Fsp3) is 0.455. The zero-order valence-corrected chi connectivity index (χ0v) is 12.5. The van der Waals surface area contributed by atoms with Gasteiger partial charge in [-0.15, -0.1) is 0 Å². The molecule has 4 nitrogen and oxygen atoms in total. The Labute approximate surface area is 123 Å². The molecule has 0 aromatic heterocycles. The van der Waals surface area contributed by atoms with Crippen LogP contribution in [0.4, 0.5) is 17.6 Å². The van der Waals surface area contributed by atoms with E-state index in [9.17, 15) is 26.0 Å². The number of sulfonamides is 1. The Morgan fingerprint density at radius 1 is 1.24 bits per heavy atom. The van der Waals surface area contributed by atoms with Gasteiger partial charge in [-0.3, -0.25) is 0 Å². The lowest BCUT2D eigenvalue weighted by molar-refractivity contribution is 0.254. The van der Waals surface area contributed by atoms with Gasteiger partial charge < -0.3 is 5.11 Å². The second kappa shape index (κ2) is 7.43. The van der Waals surface area contributed by atoms with Gasteiger partial charge in [0.15, 0.2) is 28.2 Å². The number of halogens is 4. The Hall–Kier alpha value is -0.840. The summed E-state index contributed by atoms with van der Waals surface area (Å²) in [5, 5.41) is 9.04. The molecular formula is C11H13F4NO3S2. The number of thioether (sulfide) groups is 1. The van der Waals surface area contributed by atoms with Crippen LogP contribution in [0.3, 0.4) is 0 Å². The molecule has 0 aliphatic carbocycles. The van der Waals surface area contributed by atoms with Crippen molar-refractivity contribution in [2.24, 2.45) is 0 Å². The Balaban J connectivity index is 3.19. The highest BCUT2D eigenvalue weighted by Gasteiger charge is 2.31. The van der Waals surface area contributed by atoms with Crippen LogP contribution in [0.25, 0.3) is 0 Å². The van der Waals surface area contributed by atoms with Crippen LogP contribution in [0.15, 0.2) is 11.0 Å². The summed E-state index contributed by atoms with van der Waals surface area (Å²) in [5.41, 5.74) is 0. The highest BCUT2D eigenvalue weighted by atomic mass is 32.2. The second-order valence-corrected chi connectivity index (χ2v) is 6.72. The summed E-state index contributed by atoms with van der Waals surface area (Å²) >= 11 is 1.36. The van der Waals surface area contributed by atoms with Gasteiger partial charge in [-0.25, -0.2) is 30.7 Å². The fourth-order valence-electron chi connectivity index (χ4n) is 1.51. The van der Waals surface area contributed by atoms with E-state index in [1.807, 2.05) is 4.72 Å². The van der Waals surface area contributed by atoms with E-state index < -0.39 is 50.8 Å². The maximum Gasteiger partial charge on any atom is 0.246 e. The molecule has 0 unspecified atom stereocenters. The van der Waals surface area contributed by atoms with Crippen molar-refractivity contribution in [2.45, 2.75) is 17.4 Å². The molecule has 0 aliphatic heterocycles. The first-order chi connectivity index (χ1) is 9.74. The highest BCUT2D eigenvalue weighted by Crippen LogP contribution is 2.24. The van der Waals surface area contributed by atoms with Gasteiger partial charge >= 0.3 is 0 Å². The van der Waals surface area contributed by atoms with Crippen LogP contribution in [0.1, 0.15) is 6.42 Å². The molecule has 1 rings (SSSR count). The van der Waals surface area contributed by atoms with E-state index in [0.717, 1.165) is 0 Å². The minimum Gasteiger partial charge on any atom is -0.395 e. The third kappa shape index (κ3) is 4.31. The first-order valence-electron chi connectivity index (χ1n) is 5.69. The predicted octanol–water partition coefficient (Wildman–Crippen LogP) is 1.64. The molecule has 0 saturated carbocycles. The molecule has 0 saturated heterocycles. The van der Waals surface area contributed by atoms with Crippen molar-refractivity contribution >= 4 is 21.8 Å². The number of hydrogen-bond donors (Lipinski definition) is 2. The van der Waals surface area contributed by atoms with E-state index in [-0.39, 0.29) is 12.5 Å². The molecule has 0 fully saturated rings. The van der Waals surface area contributed by atoms with E-state index in [2.05, 4.69) is 0 Å². The smallest absolute Gasteiger partial charge is 0.246 e. The maximum absolute atomic E-state index is 13.5. The summed E-state index contributed by atoms with van der Waals surface area (Å²) in [6, 6.07) is -1.10. The molecular weight excluding hydrogens is 334 g/mol. The summed E-state index contributed by atoms with van der Waals surface area (Å²) in [4.78, 5) is -1.73. The van der Waals surface area contributed by atoms with Gasteiger partial charge in [-0.1, -0.05) is 0 Å². The first-order valence-corrected chi connectivity index (χ1v) is 8.57. The fourth-order valence-corrected chi connectivity index (χ4v) is 3.45. The van der Waals surface area contributed by atoms with Crippen molar-refractivity contribution in [3.8, 4) is 0 Å². The quantitative estimate of drug-likeness (QED) is 0.581. The van der Waals surface area contributed by atoms with Crippen LogP contribution in [-0.4, -0.2) is 38.2 Å². The van der Waals surface area contributed by atoms with E-state index >= 15 is 0 Å². The summed E-state index contributed by atoms with van der Waals surface area (Å²) in [5.74, 6) is -7.19. The Morgan fingerprint density at radius 3 is 2.19 bits per heavy atom. The van der Waals surface area contributed by atoms with Gasteiger partial charge in [0, 0.05) is 12.1 Å². The molecule has 1 atom stereocenters. The normalized spacial score (nSPS) is 13.4. The monoisotopic (exact) mass is 347 g/mol. The van der Waals surface area contributed by atoms with Crippen molar-refractivity contribution in [1.29, 1.82) is 0 Å². The highest BCUT2D eigenvalue weighted by molar-refractivity contribution is 7.98. The lowest BCUT2D eigenvalue weighted by Crippen LogP contribution is -2.38. The van der Waals surface area contributed by atoms with E-state index in [0.29, 0.717) is 5.75 Å². The van der Waals surface area contributed by atoms with Gasteiger partial charge in [0.25, 0.3) is 0 Å². The van der Waals surface area contributed by atoms with Crippen molar-refractivity contribution in [2.75, 3.05) is 18.6 Å². The zero-order chi connectivity index (χ0) is 16.2. The van der Waals surface area contributed by atoms with Crippen molar-refractivity contribution in [3.63, 3.8) is 0 Å². The van der Waals surface area contributed by atoms with Gasteiger partial charge in [-0.05, 0) is 18.4 Å². The second-order valence-electron chi connectivity index (χ2n) is 4.08. The molecule has 10 heteroatoms. The third-order valence-electron chi connectivity index (χ3n) is 2.55. The molecule has 21 heavy (non-hydrogen) atoms. The number of hydrogen-bond acceptors (Lipinski definition) is 4. The Kier molecular flexibility index (Phi) is 6.44. The lowest BCUT2D eigenvalue weighted by atomic mass is 10.3. The Bertz CT molecular complexity index is 584. The topological polar surface area (TPSA) is 66.4 Å². The summed E-state index contributed by atoms with van der Waals surface area (Å²) in [6.07, 6.45) is 1.92. The van der Waals surface area contributed by atoms with Gasteiger partial charge in [-0.2, -0.15) is 11.8 Å². The van der Waals surface area contributed by atoms with Crippen molar-refractivity contribution in [1.82, 2.24) is 4.72 Å². The van der Waals surface area contributed by atoms with Gasteiger partial charge in [0.1, 0.15) is 0 Å². The van der Waals surface area contributed by atoms with E-state index in [1.165, 1.54) is 11.8 Å². The minimum absolute atomic E-state index is 0.0824. The predicted molar refractivity (Wildman–Crippen MR) is 70.5 cm³/mol. The van der Waals surface area contributed by atoms with Gasteiger partial charge in [0.2, 0.25) is 10.0 Å². The molecule has 2 N–H and O–H groups in total. The standard InChI is InChI=1S/C11H13F4NO3S2/c1-20-3-2-6(5-17)16-21(18,19)11-9(14)7(12)4-8(13)10(11)15/h4,6,16-17H,2-3,5H2,1H3/t6-/m0/s1. The van der Waals surface area contributed by atoms with Gasteiger partial charge in [0.05, 0.1) is 6.61 Å². The average Bonchev–Trinajstić information content (AvgIpc) is 2.41. The van der Waals surface area contributed by atoms with Crippen LogP contribution < -0.4 is 4.72 Å². The molecule has 0 bridgehead atoms. The lowest BCUT2D eigenvalue weighted by Gasteiger charge is -2.16. The molecule has 0 amide bonds. The summed E-state index contributed by atoms with van der Waals surface area (Å²) in [7, 11) is -4.86. The zero-order valence-electron chi connectivity index (χ0n) is 10.9. The van der Waals surface area contributed by atoms with Crippen LogP contribution in [0.2, 0.25) is 0 Å². The Morgan fingerprint density at radius 2 is 1.76 bits per heavy atom. The molecule has 1 aromatic carbocycles. The molecule has 0 heterocycles. The SMILES string of the molecule is CSCC[C@@H](CO)NS(=O)(=O)c1c(F)c(F)cc(F)c1F. The van der Waals surface area contributed by atoms with Crippen LogP contribution in [-0.2, 0) is 10.0 Å². The number of nitrogens with one attached hydrogen (secondary N) is 1. The van der Waals surface area contributed by atoms with Crippen LogP contribution in [0, 0.1) is 23.3 Å². The molecule has 120 valence electrons. The number of aliphatic hydroxyl groups excluding tert-OH is 1. The molecule has 0 radical (unpaired) electrons. The van der Waals surface area contributed by atoms with Crippen LogP contribution in [0.5, 0.6) is 0 Å². The van der Waals surface area contributed by atoms with Crippen LogP contribution >= 0.6 is 11.8 Å². The number of aliphatic hydroxyl groups is 1. The number of benzene rings is 1. The van der Waals surface area contributed by atoms with E-state index in [4.69, 9.17) is 5.11 Å². The average molecular weight is 347 g/mol. The molecule has 1 aromatic rings. The third-order valence-corrected chi connectivity index (χ3v) is 4.74. The van der Waals surface area contributed by atoms with Crippen molar-refractivity contribution in [3.05, 3.63) is 29.3 Å². The maximum atomic E-state index is 13.5. The minimum atomic E-state index is -4.86. The van der Waals surface area contributed by atoms with E-state index in [1.54, 1.807) is 6.26 Å². The molecule has 0 aliphatic rings. The number of rotatable bonds is 7. The van der Waals surface area contributed by atoms with Crippen molar-refractivity contribution < 1.29 is 31.1 Å². The largest absolute Gasteiger partial charge is 0.395 e.